The number of thioether (sulfide) groups is 1. The predicted molar refractivity (Wildman–Crippen MR) is 116 cm³/mol. The first-order valence-corrected chi connectivity index (χ1v) is 12.1. The van der Waals surface area contributed by atoms with Crippen LogP contribution in [0.3, 0.4) is 0 Å². The molecule has 0 fully saturated rings. The third-order valence-electron chi connectivity index (χ3n) is 4.14. The number of fused-ring (bicyclic) bond motifs is 1. The Labute approximate surface area is 182 Å². The van der Waals surface area contributed by atoms with Gasteiger partial charge in [0.2, 0.25) is 5.91 Å². The number of rotatable bonds is 8. The van der Waals surface area contributed by atoms with Gasteiger partial charge in [-0.1, -0.05) is 48.0 Å². The largest absolute Gasteiger partial charge is 0.431 e. The lowest BCUT2D eigenvalue weighted by Crippen LogP contribution is -2.27. The van der Waals surface area contributed by atoms with Crippen molar-refractivity contribution < 1.29 is 17.6 Å². The van der Waals surface area contributed by atoms with Crippen LogP contribution >= 0.6 is 35.0 Å². The summed E-state index contributed by atoms with van der Waals surface area (Å²) >= 11 is 13.1. The maximum atomic E-state index is 12.1. The number of oxazole rings is 1. The summed E-state index contributed by atoms with van der Waals surface area (Å²) in [4.78, 5) is 16.5. The molecule has 1 amide bonds. The monoisotopic (exact) mass is 472 g/mol. The Morgan fingerprint density at radius 3 is 2.72 bits per heavy atom. The van der Waals surface area contributed by atoms with E-state index in [0.29, 0.717) is 39.3 Å². The molecule has 1 N–H and O–H groups in total. The predicted octanol–water partition coefficient (Wildman–Crippen LogP) is 4.38. The first kappa shape index (κ1) is 22.0. The second-order valence-electron chi connectivity index (χ2n) is 6.14. The summed E-state index contributed by atoms with van der Waals surface area (Å²) in [5, 5.41) is 4.25. The topological polar surface area (TPSA) is 89.3 Å². The van der Waals surface area contributed by atoms with E-state index in [9.17, 15) is 13.2 Å². The maximum absolute atomic E-state index is 12.1. The van der Waals surface area contributed by atoms with E-state index in [0.717, 1.165) is 17.3 Å². The molecule has 0 atom stereocenters. The highest BCUT2D eigenvalue weighted by atomic mass is 35.5. The minimum Gasteiger partial charge on any atom is -0.431 e. The van der Waals surface area contributed by atoms with Gasteiger partial charge in [-0.3, -0.25) is 4.79 Å². The molecule has 1 aromatic heterocycles. The van der Waals surface area contributed by atoms with Crippen molar-refractivity contribution in [2.45, 2.75) is 23.5 Å². The van der Waals surface area contributed by atoms with Crippen LogP contribution in [0, 0.1) is 0 Å². The molecule has 29 heavy (non-hydrogen) atoms. The van der Waals surface area contributed by atoms with E-state index in [1.807, 2.05) is 6.07 Å². The van der Waals surface area contributed by atoms with Crippen molar-refractivity contribution in [1.29, 1.82) is 0 Å². The number of amides is 1. The zero-order chi connectivity index (χ0) is 21.0. The molecule has 0 bridgehead atoms. The van der Waals surface area contributed by atoms with Gasteiger partial charge in [-0.05, 0) is 42.3 Å². The number of carbonyl (C=O) groups excluding carboxylic acids is 1. The van der Waals surface area contributed by atoms with Gasteiger partial charge in [-0.25, -0.2) is 13.4 Å². The van der Waals surface area contributed by atoms with Crippen LogP contribution in [0.4, 0.5) is 0 Å². The fourth-order valence-corrected chi connectivity index (χ4v) is 4.62. The lowest BCUT2D eigenvalue weighted by Gasteiger charge is -2.06. The van der Waals surface area contributed by atoms with Crippen molar-refractivity contribution in [1.82, 2.24) is 10.3 Å². The summed E-state index contributed by atoms with van der Waals surface area (Å²) in [7, 11) is -3.31. The maximum Gasteiger partial charge on any atom is 0.257 e. The van der Waals surface area contributed by atoms with E-state index in [4.69, 9.17) is 27.6 Å². The van der Waals surface area contributed by atoms with Crippen LogP contribution in [0.5, 0.6) is 0 Å². The zero-order valence-corrected chi connectivity index (χ0v) is 18.6. The third-order valence-corrected chi connectivity index (χ3v) is 7.28. The van der Waals surface area contributed by atoms with Gasteiger partial charge in [0.05, 0.1) is 16.4 Å². The quantitative estimate of drug-likeness (QED) is 0.489. The van der Waals surface area contributed by atoms with Crippen LogP contribution in [0.25, 0.3) is 11.1 Å². The average Bonchev–Trinajstić information content (AvgIpc) is 3.10. The number of hydrogen-bond acceptors (Lipinski definition) is 6. The molecule has 2 aromatic carbocycles. The summed E-state index contributed by atoms with van der Waals surface area (Å²) < 4.78 is 29.5. The van der Waals surface area contributed by atoms with Crippen molar-refractivity contribution in [2.75, 3.05) is 18.1 Å². The molecule has 3 rings (SSSR count). The second-order valence-corrected chi connectivity index (χ2v) is 10.2. The molecule has 6 nitrogen and oxygen atoms in total. The van der Waals surface area contributed by atoms with Gasteiger partial charge >= 0.3 is 0 Å². The van der Waals surface area contributed by atoms with Crippen LogP contribution in [0.2, 0.25) is 10.0 Å². The SMILES string of the molecule is CCS(=O)(=O)c1ccc2oc(SCC(=O)NCCc3ccc(Cl)cc3Cl)nc2c1. The molecule has 0 saturated carbocycles. The molecule has 0 aliphatic rings. The van der Waals surface area contributed by atoms with Crippen LogP contribution in [-0.4, -0.2) is 37.4 Å². The molecule has 10 heteroatoms. The van der Waals surface area contributed by atoms with Gasteiger partial charge in [-0.2, -0.15) is 0 Å². The lowest BCUT2D eigenvalue weighted by molar-refractivity contribution is -0.118. The van der Waals surface area contributed by atoms with Crippen molar-refractivity contribution in [3.8, 4) is 0 Å². The Morgan fingerprint density at radius 2 is 2.00 bits per heavy atom. The molecule has 0 saturated heterocycles. The third kappa shape index (κ3) is 5.66. The first-order chi connectivity index (χ1) is 13.8. The lowest BCUT2D eigenvalue weighted by atomic mass is 10.1. The number of halogens is 2. The van der Waals surface area contributed by atoms with Crippen molar-refractivity contribution in [3.63, 3.8) is 0 Å². The second kappa shape index (κ2) is 9.38. The number of carbonyl (C=O) groups is 1. The highest BCUT2D eigenvalue weighted by molar-refractivity contribution is 7.99. The van der Waals surface area contributed by atoms with Crippen molar-refractivity contribution in [2.24, 2.45) is 0 Å². The fraction of sp³-hybridized carbons (Fsp3) is 0.263. The van der Waals surface area contributed by atoms with Crippen molar-refractivity contribution in [3.05, 3.63) is 52.0 Å². The van der Waals surface area contributed by atoms with E-state index >= 15 is 0 Å². The van der Waals surface area contributed by atoms with Gasteiger partial charge in [0.1, 0.15) is 5.52 Å². The number of nitrogens with one attached hydrogen (secondary N) is 1. The van der Waals surface area contributed by atoms with E-state index in [-0.39, 0.29) is 22.3 Å². The normalized spacial score (nSPS) is 11.7. The van der Waals surface area contributed by atoms with Crippen LogP contribution in [-0.2, 0) is 21.1 Å². The van der Waals surface area contributed by atoms with Crippen LogP contribution < -0.4 is 5.32 Å². The molecule has 3 aromatic rings. The van der Waals surface area contributed by atoms with Crippen LogP contribution in [0.15, 0.2) is 50.9 Å². The van der Waals surface area contributed by atoms with Gasteiger partial charge in [0.25, 0.3) is 5.22 Å². The highest BCUT2D eigenvalue weighted by Gasteiger charge is 2.15. The number of benzene rings is 2. The molecule has 0 radical (unpaired) electrons. The number of hydrogen-bond donors (Lipinski definition) is 1. The molecule has 0 spiro atoms. The summed E-state index contributed by atoms with van der Waals surface area (Å²) in [6, 6.07) is 9.81. The zero-order valence-electron chi connectivity index (χ0n) is 15.4. The molecular weight excluding hydrogens is 455 g/mol. The van der Waals surface area contributed by atoms with Gasteiger partial charge in [0.15, 0.2) is 15.4 Å². The first-order valence-electron chi connectivity index (χ1n) is 8.75. The molecule has 0 aliphatic carbocycles. The summed E-state index contributed by atoms with van der Waals surface area (Å²) in [5.41, 5.74) is 1.82. The number of sulfone groups is 1. The summed E-state index contributed by atoms with van der Waals surface area (Å²) in [6.07, 6.45) is 0.587. The standard InChI is InChI=1S/C19H18Cl2N2O4S2/c1-2-29(25,26)14-5-6-17-16(10-14)23-19(27-17)28-11-18(24)22-8-7-12-3-4-13(20)9-15(12)21/h3-6,9-10H,2,7-8,11H2,1H3,(H,22,24). The number of nitrogens with zero attached hydrogens (tertiary/aromatic N) is 1. The van der Waals surface area contributed by atoms with Gasteiger partial charge in [0, 0.05) is 16.6 Å². The molecule has 0 unspecified atom stereocenters. The van der Waals surface area contributed by atoms with Crippen molar-refractivity contribution >= 4 is 61.8 Å². The summed E-state index contributed by atoms with van der Waals surface area (Å²) in [5.74, 6) is -0.0303. The summed E-state index contributed by atoms with van der Waals surface area (Å²) in [6.45, 7) is 2.02. The Kier molecular flexibility index (Phi) is 7.10. The Hall–Kier alpha value is -1.74. The van der Waals surface area contributed by atoms with Crippen LogP contribution in [0.1, 0.15) is 12.5 Å². The minimum atomic E-state index is -3.31. The van der Waals surface area contributed by atoms with E-state index in [1.54, 1.807) is 25.1 Å². The molecular formula is C19H18Cl2N2O4S2. The Bertz CT molecular complexity index is 1150. The minimum absolute atomic E-state index is 0.0133. The highest BCUT2D eigenvalue weighted by Crippen LogP contribution is 2.26. The van der Waals surface area contributed by atoms with E-state index < -0.39 is 9.84 Å². The van der Waals surface area contributed by atoms with Gasteiger partial charge in [-0.15, -0.1) is 0 Å². The Balaban J connectivity index is 1.54. The molecule has 1 heterocycles. The molecule has 0 aliphatic heterocycles. The van der Waals surface area contributed by atoms with Gasteiger partial charge < -0.3 is 9.73 Å². The average molecular weight is 473 g/mol. The van der Waals surface area contributed by atoms with E-state index in [1.165, 1.54) is 12.1 Å². The Morgan fingerprint density at radius 1 is 1.21 bits per heavy atom. The fourth-order valence-electron chi connectivity index (χ4n) is 2.55. The molecule has 154 valence electrons. The van der Waals surface area contributed by atoms with E-state index in [2.05, 4.69) is 10.3 Å². The number of aromatic nitrogens is 1. The smallest absolute Gasteiger partial charge is 0.257 e.